The molecule has 0 saturated heterocycles. The summed E-state index contributed by atoms with van der Waals surface area (Å²) in [6, 6.07) is 20.3. The van der Waals surface area contributed by atoms with Gasteiger partial charge in [0.2, 0.25) is 5.43 Å². The summed E-state index contributed by atoms with van der Waals surface area (Å²) in [6.07, 6.45) is 0. The maximum atomic E-state index is 13.1. The highest BCUT2D eigenvalue weighted by Crippen LogP contribution is 2.33. The smallest absolute Gasteiger partial charge is 0.397 e. The van der Waals surface area contributed by atoms with Crippen LogP contribution in [0.4, 0.5) is 5.69 Å². The van der Waals surface area contributed by atoms with Crippen LogP contribution in [0.1, 0.15) is 17.3 Å². The van der Waals surface area contributed by atoms with Gasteiger partial charge in [-0.05, 0) is 42.3 Å². The number of likely N-dealkylation sites (N-methyl/N-ethyl adjacent to an activating group) is 1. The van der Waals surface area contributed by atoms with E-state index in [4.69, 9.17) is 4.74 Å². The van der Waals surface area contributed by atoms with Gasteiger partial charge in [0.15, 0.2) is 0 Å². The Balaban J connectivity index is 2.15. The molecule has 0 unspecified atom stereocenters. The van der Waals surface area contributed by atoms with Gasteiger partial charge in [-0.25, -0.2) is 9.59 Å². The van der Waals surface area contributed by atoms with Crippen molar-refractivity contribution in [2.45, 2.75) is 16.7 Å². The quantitative estimate of drug-likeness (QED) is 0.434. The van der Waals surface area contributed by atoms with Crippen molar-refractivity contribution in [1.29, 1.82) is 0 Å². The molecule has 0 saturated carbocycles. The van der Waals surface area contributed by atoms with Crippen molar-refractivity contribution in [1.82, 2.24) is 0 Å². The number of esters is 1. The molecule has 3 rings (SSSR count). The van der Waals surface area contributed by atoms with Crippen LogP contribution in [-0.4, -0.2) is 36.6 Å². The van der Waals surface area contributed by atoms with Gasteiger partial charge in [0.1, 0.15) is 0 Å². The molecule has 0 heterocycles. The monoisotopic (exact) mass is 463 g/mol. The van der Waals surface area contributed by atoms with Gasteiger partial charge in [-0.1, -0.05) is 54.2 Å². The molecular formula is C25H21NO6S. The predicted molar refractivity (Wildman–Crippen MR) is 126 cm³/mol. The van der Waals surface area contributed by atoms with Gasteiger partial charge >= 0.3 is 17.8 Å². The number of carbonyl (C=O) groups is 3. The van der Waals surface area contributed by atoms with E-state index in [9.17, 15) is 24.3 Å². The van der Waals surface area contributed by atoms with Gasteiger partial charge < -0.3 is 14.7 Å². The van der Waals surface area contributed by atoms with E-state index in [1.165, 1.54) is 25.2 Å². The van der Waals surface area contributed by atoms with Gasteiger partial charge in [0, 0.05) is 22.9 Å². The third kappa shape index (κ3) is 5.67. The molecule has 0 aromatic heterocycles. The zero-order valence-corrected chi connectivity index (χ0v) is 18.8. The van der Waals surface area contributed by atoms with Crippen LogP contribution in [0.3, 0.4) is 0 Å². The topological polar surface area (TPSA) is 101 Å². The second kappa shape index (κ2) is 10.6. The highest BCUT2D eigenvalue weighted by Gasteiger charge is 2.23. The fourth-order valence-corrected chi connectivity index (χ4v) is 4.09. The Morgan fingerprint density at radius 2 is 1.61 bits per heavy atom. The molecule has 1 N–H and O–H groups in total. The minimum atomic E-state index is -1.08. The molecule has 0 aliphatic carbocycles. The standard InChI is InChI=1S/C25H21NO6S/c1-3-32-25(31)23(28)26(2)20-14-17(16-9-5-4-6-10-16)13-18(15-21(20)27)33-22-12-8-7-11-19(22)24(29)30/h4-15H,3H2,1-2H3,(H,29,30). The van der Waals surface area contributed by atoms with Crippen LogP contribution in [0.2, 0.25) is 0 Å². The fraction of sp³-hybridized carbons (Fsp3) is 0.120. The molecular weight excluding hydrogens is 442 g/mol. The van der Waals surface area contributed by atoms with Crippen molar-refractivity contribution in [3.63, 3.8) is 0 Å². The van der Waals surface area contributed by atoms with E-state index in [0.29, 0.717) is 15.4 Å². The molecule has 1 amide bonds. The number of hydrogen-bond acceptors (Lipinski definition) is 6. The third-order valence-corrected chi connectivity index (χ3v) is 5.73. The number of carboxylic acid groups (broad SMARTS) is 1. The predicted octanol–water partition coefficient (Wildman–Crippen LogP) is 4.09. The molecule has 0 aliphatic heterocycles. The highest BCUT2D eigenvalue weighted by atomic mass is 32.2. The summed E-state index contributed by atoms with van der Waals surface area (Å²) in [5.41, 5.74) is 0.988. The molecule has 0 aliphatic rings. The zero-order valence-electron chi connectivity index (χ0n) is 18.0. The molecule has 0 radical (unpaired) electrons. The summed E-state index contributed by atoms with van der Waals surface area (Å²) in [6.45, 7) is 1.61. The maximum Gasteiger partial charge on any atom is 0.397 e. The summed E-state index contributed by atoms with van der Waals surface area (Å²) in [4.78, 5) is 51.0. The van der Waals surface area contributed by atoms with Gasteiger partial charge in [-0.2, -0.15) is 0 Å². The summed E-state index contributed by atoms with van der Waals surface area (Å²) < 4.78 is 4.77. The van der Waals surface area contributed by atoms with Gasteiger partial charge in [0.25, 0.3) is 0 Å². The number of anilines is 1. The molecule has 3 aromatic carbocycles. The first-order chi connectivity index (χ1) is 15.8. The molecule has 0 bridgehead atoms. The van der Waals surface area contributed by atoms with Crippen molar-refractivity contribution < 1.29 is 24.2 Å². The summed E-state index contributed by atoms with van der Waals surface area (Å²) in [5, 5.41) is 9.49. The summed E-state index contributed by atoms with van der Waals surface area (Å²) in [5.74, 6) is -3.11. The molecule has 8 heteroatoms. The minimum Gasteiger partial charge on any atom is -0.478 e. The van der Waals surface area contributed by atoms with Gasteiger partial charge in [-0.3, -0.25) is 9.59 Å². The van der Waals surface area contributed by atoms with Crippen molar-refractivity contribution in [2.75, 3.05) is 18.6 Å². The Morgan fingerprint density at radius 1 is 0.939 bits per heavy atom. The number of nitrogens with zero attached hydrogens (tertiary/aromatic N) is 1. The van der Waals surface area contributed by atoms with Crippen LogP contribution in [0.25, 0.3) is 11.1 Å². The number of ether oxygens (including phenoxy) is 1. The van der Waals surface area contributed by atoms with Crippen LogP contribution in [0, 0.1) is 0 Å². The lowest BCUT2D eigenvalue weighted by Crippen LogP contribution is -2.36. The van der Waals surface area contributed by atoms with Gasteiger partial charge in [0.05, 0.1) is 17.9 Å². The van der Waals surface area contributed by atoms with Crippen molar-refractivity contribution >= 4 is 35.3 Å². The lowest BCUT2D eigenvalue weighted by molar-refractivity contribution is -0.153. The minimum absolute atomic E-state index is 0.00900. The van der Waals surface area contributed by atoms with E-state index < -0.39 is 23.3 Å². The van der Waals surface area contributed by atoms with Crippen LogP contribution in [0.5, 0.6) is 0 Å². The number of rotatable bonds is 6. The number of carboxylic acids is 1. The third-order valence-electron chi connectivity index (χ3n) is 4.68. The maximum absolute atomic E-state index is 13.1. The molecule has 7 nitrogen and oxygen atoms in total. The SMILES string of the molecule is CCOC(=O)C(=O)N(C)c1cc(-c2ccccc2)cc(Sc2ccccc2C(=O)O)cc1=O. The van der Waals surface area contributed by atoms with E-state index in [1.807, 2.05) is 30.3 Å². The largest absolute Gasteiger partial charge is 0.478 e. The molecule has 0 spiro atoms. The molecule has 168 valence electrons. The number of aromatic carboxylic acids is 1. The Morgan fingerprint density at radius 3 is 2.27 bits per heavy atom. The molecule has 33 heavy (non-hydrogen) atoms. The zero-order chi connectivity index (χ0) is 24.0. The normalized spacial score (nSPS) is 10.4. The Hall–Kier alpha value is -3.91. The second-order valence-electron chi connectivity index (χ2n) is 6.89. The Labute approximate surface area is 194 Å². The molecule has 3 aromatic rings. The first-order valence-corrected chi connectivity index (χ1v) is 10.8. The Kier molecular flexibility index (Phi) is 7.63. The van der Waals surface area contributed by atoms with Crippen molar-refractivity contribution in [3.8, 4) is 11.1 Å². The molecule has 0 fully saturated rings. The van der Waals surface area contributed by atoms with Crippen molar-refractivity contribution in [3.05, 3.63) is 88.6 Å². The second-order valence-corrected chi connectivity index (χ2v) is 8.01. The van der Waals surface area contributed by atoms with Crippen LogP contribution < -0.4 is 10.3 Å². The van der Waals surface area contributed by atoms with E-state index in [0.717, 1.165) is 22.2 Å². The van der Waals surface area contributed by atoms with Crippen molar-refractivity contribution in [2.24, 2.45) is 0 Å². The van der Waals surface area contributed by atoms with E-state index in [1.54, 1.807) is 31.2 Å². The summed E-state index contributed by atoms with van der Waals surface area (Å²) >= 11 is 1.13. The average molecular weight is 464 g/mol. The average Bonchev–Trinajstić information content (AvgIpc) is 2.97. The van der Waals surface area contributed by atoms with Crippen LogP contribution in [0.15, 0.2) is 87.4 Å². The Bertz CT molecular complexity index is 1260. The highest BCUT2D eigenvalue weighted by molar-refractivity contribution is 7.99. The lowest BCUT2D eigenvalue weighted by Gasteiger charge is -2.14. The number of benzene rings is 2. The summed E-state index contributed by atoms with van der Waals surface area (Å²) in [7, 11) is 1.33. The first kappa shape index (κ1) is 23.7. The fourth-order valence-electron chi connectivity index (χ4n) is 3.07. The molecule has 0 atom stereocenters. The first-order valence-electron chi connectivity index (χ1n) is 10.0. The van der Waals surface area contributed by atoms with E-state index in [2.05, 4.69) is 0 Å². The number of carbonyl (C=O) groups excluding carboxylic acids is 2. The number of hydrogen-bond donors (Lipinski definition) is 1. The van der Waals surface area contributed by atoms with E-state index >= 15 is 0 Å². The van der Waals surface area contributed by atoms with Crippen LogP contribution in [-0.2, 0) is 14.3 Å². The number of amides is 1. The van der Waals surface area contributed by atoms with Crippen LogP contribution >= 0.6 is 11.8 Å². The lowest BCUT2D eigenvalue weighted by atomic mass is 10.1. The van der Waals surface area contributed by atoms with E-state index in [-0.39, 0.29) is 17.9 Å². The van der Waals surface area contributed by atoms with Gasteiger partial charge in [-0.15, -0.1) is 0 Å².